The minimum Gasteiger partial charge on any atom is -0.331 e. The summed E-state index contributed by atoms with van der Waals surface area (Å²) in [6.45, 7) is 0. The van der Waals surface area contributed by atoms with Crippen molar-refractivity contribution < 1.29 is 4.79 Å². The zero-order valence-electron chi connectivity index (χ0n) is 11.2. The lowest BCUT2D eigenvalue weighted by atomic mass is 9.99. The average Bonchev–Trinajstić information content (AvgIpc) is 2.95. The Morgan fingerprint density at radius 3 is 2.11 bits per heavy atom. The molecule has 0 aliphatic heterocycles. The number of carbonyl (C=O) groups is 1. The molecule has 3 heteroatoms. The van der Waals surface area contributed by atoms with Gasteiger partial charge in [0, 0.05) is 19.8 Å². The highest BCUT2D eigenvalue weighted by Crippen LogP contribution is 2.38. The van der Waals surface area contributed by atoms with Gasteiger partial charge in [-0.3, -0.25) is 0 Å². The van der Waals surface area contributed by atoms with Gasteiger partial charge in [0.05, 0.1) is 0 Å². The lowest BCUT2D eigenvalue weighted by Gasteiger charge is -2.18. The minimum atomic E-state index is -0.00981. The van der Waals surface area contributed by atoms with Crippen LogP contribution in [0.2, 0.25) is 0 Å². The Kier molecular flexibility index (Phi) is 2.77. The van der Waals surface area contributed by atoms with Crippen LogP contribution in [0.1, 0.15) is 35.1 Å². The summed E-state index contributed by atoms with van der Waals surface area (Å²) < 4.78 is 0. The number of nitrogens with zero attached hydrogens (tertiary/aromatic N) is 1. The number of amides is 2. The van der Waals surface area contributed by atoms with Crippen LogP contribution in [0.15, 0.2) is 6.07 Å². The van der Waals surface area contributed by atoms with E-state index in [-0.39, 0.29) is 6.03 Å². The first-order valence-electron chi connectivity index (χ1n) is 6.81. The maximum Gasteiger partial charge on any atom is 0.321 e. The van der Waals surface area contributed by atoms with Crippen molar-refractivity contribution in [3.05, 3.63) is 28.3 Å². The smallest absolute Gasteiger partial charge is 0.321 e. The maximum absolute atomic E-state index is 11.9. The van der Waals surface area contributed by atoms with Crippen molar-refractivity contribution in [3.8, 4) is 0 Å². The molecule has 3 rings (SSSR count). The highest BCUT2D eigenvalue weighted by atomic mass is 16.2. The van der Waals surface area contributed by atoms with Gasteiger partial charge in [-0.05, 0) is 60.8 Å². The van der Waals surface area contributed by atoms with Gasteiger partial charge in [-0.25, -0.2) is 4.79 Å². The van der Waals surface area contributed by atoms with Crippen molar-refractivity contribution in [3.63, 3.8) is 0 Å². The average molecular weight is 244 g/mol. The molecular formula is C15H20N2O. The van der Waals surface area contributed by atoms with Crippen LogP contribution in [-0.2, 0) is 25.7 Å². The molecule has 0 saturated heterocycles. The lowest BCUT2D eigenvalue weighted by Crippen LogP contribution is -2.28. The fourth-order valence-corrected chi connectivity index (χ4v) is 3.19. The van der Waals surface area contributed by atoms with Crippen molar-refractivity contribution in [2.45, 2.75) is 38.5 Å². The van der Waals surface area contributed by atoms with Crippen LogP contribution in [0.4, 0.5) is 10.5 Å². The topological polar surface area (TPSA) is 32.3 Å². The van der Waals surface area contributed by atoms with Crippen LogP contribution >= 0.6 is 0 Å². The monoisotopic (exact) mass is 244 g/mol. The van der Waals surface area contributed by atoms with Crippen molar-refractivity contribution in [1.82, 2.24) is 4.90 Å². The first kappa shape index (κ1) is 11.6. The summed E-state index contributed by atoms with van der Waals surface area (Å²) in [5.41, 5.74) is 6.85. The molecule has 3 nitrogen and oxygen atoms in total. The van der Waals surface area contributed by atoms with E-state index >= 15 is 0 Å². The maximum atomic E-state index is 11.9. The Hall–Kier alpha value is -1.51. The molecule has 0 unspecified atom stereocenters. The Bertz CT molecular complexity index is 473. The summed E-state index contributed by atoms with van der Waals surface area (Å²) >= 11 is 0. The van der Waals surface area contributed by atoms with E-state index in [1.165, 1.54) is 47.9 Å². The molecule has 0 fully saturated rings. The molecule has 1 N–H and O–H groups in total. The third kappa shape index (κ3) is 1.78. The molecule has 0 spiro atoms. The molecule has 0 atom stereocenters. The van der Waals surface area contributed by atoms with E-state index in [4.69, 9.17) is 0 Å². The number of fused-ring (bicyclic) bond motifs is 2. The zero-order chi connectivity index (χ0) is 12.7. The van der Waals surface area contributed by atoms with Gasteiger partial charge < -0.3 is 10.2 Å². The van der Waals surface area contributed by atoms with Crippen molar-refractivity contribution in [1.29, 1.82) is 0 Å². The van der Waals surface area contributed by atoms with Crippen molar-refractivity contribution in [2.75, 3.05) is 19.4 Å². The van der Waals surface area contributed by atoms with Crippen LogP contribution in [0.3, 0.4) is 0 Å². The highest BCUT2D eigenvalue weighted by molar-refractivity contribution is 5.91. The summed E-state index contributed by atoms with van der Waals surface area (Å²) in [4.78, 5) is 13.5. The Labute approximate surface area is 108 Å². The van der Waals surface area contributed by atoms with Crippen LogP contribution in [0, 0.1) is 0 Å². The molecule has 2 amide bonds. The van der Waals surface area contributed by atoms with Crippen LogP contribution in [0.5, 0.6) is 0 Å². The number of aryl methyl sites for hydroxylation is 2. The quantitative estimate of drug-likeness (QED) is 0.809. The summed E-state index contributed by atoms with van der Waals surface area (Å²) in [6.07, 6.45) is 7.03. The molecule has 0 saturated carbocycles. The third-order valence-electron chi connectivity index (χ3n) is 4.11. The zero-order valence-corrected chi connectivity index (χ0v) is 11.2. The van der Waals surface area contributed by atoms with E-state index in [9.17, 15) is 4.79 Å². The summed E-state index contributed by atoms with van der Waals surface area (Å²) in [6, 6.07) is 2.38. The SMILES string of the molecule is CN(C)C(=O)Nc1c2c(cc3c1CCC3)CCC2. The van der Waals surface area contributed by atoms with Gasteiger partial charge in [0.15, 0.2) is 0 Å². The molecule has 0 radical (unpaired) electrons. The molecule has 1 aromatic rings. The number of carbonyl (C=O) groups excluding carboxylic acids is 1. The van der Waals surface area contributed by atoms with Crippen LogP contribution in [0.25, 0.3) is 0 Å². The van der Waals surface area contributed by atoms with Crippen LogP contribution < -0.4 is 5.32 Å². The van der Waals surface area contributed by atoms with E-state index in [2.05, 4.69) is 11.4 Å². The van der Waals surface area contributed by atoms with Gasteiger partial charge >= 0.3 is 6.03 Å². The fraction of sp³-hybridized carbons (Fsp3) is 0.533. The minimum absolute atomic E-state index is 0.00981. The van der Waals surface area contributed by atoms with Crippen molar-refractivity contribution in [2.24, 2.45) is 0 Å². The third-order valence-corrected chi connectivity index (χ3v) is 4.11. The first-order chi connectivity index (χ1) is 8.66. The number of benzene rings is 1. The standard InChI is InChI=1S/C15H20N2O/c1-17(2)15(18)16-14-12-7-3-5-10(12)9-11-6-4-8-13(11)14/h9H,3-8H2,1-2H3,(H,16,18). The predicted octanol–water partition coefficient (Wildman–Crippen LogP) is 2.76. The number of anilines is 1. The van der Waals surface area contributed by atoms with Gasteiger partial charge in [-0.2, -0.15) is 0 Å². The van der Waals surface area contributed by atoms with E-state index in [0.717, 1.165) is 18.5 Å². The van der Waals surface area contributed by atoms with Gasteiger partial charge in [-0.15, -0.1) is 0 Å². The normalized spacial score (nSPS) is 16.3. The van der Waals surface area contributed by atoms with E-state index in [1.54, 1.807) is 19.0 Å². The van der Waals surface area contributed by atoms with E-state index < -0.39 is 0 Å². The molecule has 1 aromatic carbocycles. The summed E-state index contributed by atoms with van der Waals surface area (Å²) in [5.74, 6) is 0. The Morgan fingerprint density at radius 1 is 1.06 bits per heavy atom. The van der Waals surface area contributed by atoms with Gasteiger partial charge in [-0.1, -0.05) is 6.07 Å². The van der Waals surface area contributed by atoms with Crippen LogP contribution in [-0.4, -0.2) is 25.0 Å². The second-order valence-corrected chi connectivity index (χ2v) is 5.56. The number of urea groups is 1. The second kappa shape index (κ2) is 4.30. The number of nitrogens with one attached hydrogen (secondary N) is 1. The molecule has 18 heavy (non-hydrogen) atoms. The Morgan fingerprint density at radius 2 is 1.61 bits per heavy atom. The first-order valence-corrected chi connectivity index (χ1v) is 6.81. The molecule has 96 valence electrons. The van der Waals surface area contributed by atoms with Gasteiger partial charge in [0.2, 0.25) is 0 Å². The van der Waals surface area contributed by atoms with Gasteiger partial charge in [0.25, 0.3) is 0 Å². The molecule has 0 heterocycles. The molecular weight excluding hydrogens is 224 g/mol. The van der Waals surface area contributed by atoms with Crippen molar-refractivity contribution >= 4 is 11.7 Å². The summed E-state index contributed by atoms with van der Waals surface area (Å²) in [7, 11) is 3.58. The second-order valence-electron chi connectivity index (χ2n) is 5.56. The summed E-state index contributed by atoms with van der Waals surface area (Å²) in [5, 5.41) is 3.13. The fourth-order valence-electron chi connectivity index (χ4n) is 3.19. The number of hydrogen-bond acceptors (Lipinski definition) is 1. The molecule has 0 aromatic heterocycles. The van der Waals surface area contributed by atoms with Gasteiger partial charge in [0.1, 0.15) is 0 Å². The molecule has 2 aliphatic carbocycles. The molecule has 0 bridgehead atoms. The highest BCUT2D eigenvalue weighted by Gasteiger charge is 2.25. The van der Waals surface area contributed by atoms with E-state index in [0.29, 0.717) is 0 Å². The Balaban J connectivity index is 2.04. The molecule has 2 aliphatic rings. The van der Waals surface area contributed by atoms with E-state index in [1.807, 2.05) is 0 Å². The number of rotatable bonds is 1. The number of hydrogen-bond donors (Lipinski definition) is 1. The lowest BCUT2D eigenvalue weighted by molar-refractivity contribution is 0.230. The predicted molar refractivity (Wildman–Crippen MR) is 73.2 cm³/mol. The largest absolute Gasteiger partial charge is 0.331 e.